The fourth-order valence-electron chi connectivity index (χ4n) is 2.35. The fourth-order valence-corrected chi connectivity index (χ4v) is 3.31. The van der Waals surface area contributed by atoms with Crippen LogP contribution in [0.5, 0.6) is 0 Å². The molecule has 0 unspecified atom stereocenters. The maximum absolute atomic E-state index is 6.28. The summed E-state index contributed by atoms with van der Waals surface area (Å²) >= 11 is 0. The first kappa shape index (κ1) is 29.0. The predicted octanol–water partition coefficient (Wildman–Crippen LogP) is 4.98. The summed E-state index contributed by atoms with van der Waals surface area (Å²) in [5, 5.41) is 0.226. The van der Waals surface area contributed by atoms with Gasteiger partial charge in [0.15, 0.2) is 8.32 Å². The molecule has 0 aliphatic rings. The lowest BCUT2D eigenvalue weighted by Crippen LogP contribution is -2.40. The normalized spacial score (nSPS) is 12.3. The van der Waals surface area contributed by atoms with E-state index in [9.17, 15) is 0 Å². The Morgan fingerprint density at radius 3 is 1.53 bits per heavy atom. The average Bonchev–Trinajstić information content (AvgIpc) is 2.75. The Kier molecular flexibility index (Phi) is 15.0. The Hall–Kier alpha value is -1.06. The molecule has 0 fully saturated rings. The van der Waals surface area contributed by atoms with Crippen LogP contribution in [0.15, 0.2) is 36.9 Å². The highest BCUT2D eigenvalue weighted by Gasteiger charge is 2.36. The van der Waals surface area contributed by atoms with Crippen molar-refractivity contribution in [2.45, 2.75) is 52.1 Å². The van der Waals surface area contributed by atoms with Crippen molar-refractivity contribution in [2.75, 3.05) is 59.5 Å². The summed E-state index contributed by atoms with van der Waals surface area (Å²) in [6.45, 7) is 21.2. The molecule has 0 atom stereocenters. The molecule has 1 aromatic rings. The highest BCUT2D eigenvalue weighted by molar-refractivity contribution is 6.74. The first-order valence-electron chi connectivity index (χ1n) is 11.5. The Labute approximate surface area is 196 Å². The number of rotatable bonds is 19. The molecule has 32 heavy (non-hydrogen) atoms. The van der Waals surface area contributed by atoms with Crippen LogP contribution in [0.1, 0.15) is 31.9 Å². The van der Waals surface area contributed by atoms with Gasteiger partial charge >= 0.3 is 0 Å². The van der Waals surface area contributed by atoms with Crippen LogP contribution in [0.2, 0.25) is 18.1 Å². The maximum Gasteiger partial charge on any atom is 0.192 e. The lowest BCUT2D eigenvalue weighted by Gasteiger charge is -2.36. The van der Waals surface area contributed by atoms with Crippen molar-refractivity contribution < 1.29 is 28.1 Å². The second kappa shape index (κ2) is 16.5. The molecule has 0 aliphatic heterocycles. The van der Waals surface area contributed by atoms with Crippen molar-refractivity contribution in [1.29, 1.82) is 0 Å². The van der Waals surface area contributed by atoms with Gasteiger partial charge in [0.25, 0.3) is 0 Å². The monoisotopic (exact) mass is 468 g/mol. The molecular weight excluding hydrogens is 424 g/mol. The summed E-state index contributed by atoms with van der Waals surface area (Å²) in [6, 6.07) is 8.45. The van der Waals surface area contributed by atoms with E-state index in [1.54, 1.807) is 6.08 Å². The van der Waals surface area contributed by atoms with E-state index >= 15 is 0 Å². The molecule has 0 saturated heterocycles. The molecule has 0 amide bonds. The van der Waals surface area contributed by atoms with E-state index < -0.39 is 8.32 Å². The van der Waals surface area contributed by atoms with Gasteiger partial charge < -0.3 is 28.1 Å². The van der Waals surface area contributed by atoms with E-state index in [0.717, 1.165) is 5.56 Å². The molecule has 0 aliphatic carbocycles. The lowest BCUT2D eigenvalue weighted by atomic mass is 10.1. The molecule has 0 heterocycles. The van der Waals surface area contributed by atoms with E-state index in [-0.39, 0.29) is 5.04 Å². The first-order valence-corrected chi connectivity index (χ1v) is 14.4. The second-order valence-corrected chi connectivity index (χ2v) is 13.9. The molecular formula is C25H44O6Si. The third kappa shape index (κ3) is 13.5. The molecule has 6 nitrogen and oxygen atoms in total. The molecule has 0 bridgehead atoms. The van der Waals surface area contributed by atoms with Gasteiger partial charge in [0.2, 0.25) is 0 Å². The Balaban J connectivity index is 1.99. The van der Waals surface area contributed by atoms with Crippen LogP contribution in [-0.4, -0.2) is 67.8 Å². The van der Waals surface area contributed by atoms with Crippen molar-refractivity contribution in [3.63, 3.8) is 0 Å². The van der Waals surface area contributed by atoms with E-state index in [0.29, 0.717) is 72.7 Å². The Bertz CT molecular complexity index is 597. The molecule has 0 radical (unpaired) electrons. The molecule has 1 aromatic carbocycles. The zero-order chi connectivity index (χ0) is 23.7. The molecule has 184 valence electrons. The van der Waals surface area contributed by atoms with Gasteiger partial charge in [-0.25, -0.2) is 0 Å². The third-order valence-electron chi connectivity index (χ3n) is 5.42. The fraction of sp³-hybridized carbons (Fsp3) is 0.680. The number of hydrogen-bond acceptors (Lipinski definition) is 6. The van der Waals surface area contributed by atoms with E-state index in [1.165, 1.54) is 5.56 Å². The van der Waals surface area contributed by atoms with Gasteiger partial charge in [-0.1, -0.05) is 51.1 Å². The standard InChI is InChI=1S/C25H44O6Si/c1-7-12-26-13-14-27-15-16-28-17-18-29-19-20-30-21-23-8-10-24(11-9-23)22-31-32(5,6)25(2,3)4/h7-11H,1,12-22H2,2-6H3. The van der Waals surface area contributed by atoms with Gasteiger partial charge in [0, 0.05) is 0 Å². The maximum atomic E-state index is 6.28. The summed E-state index contributed by atoms with van der Waals surface area (Å²) in [5.41, 5.74) is 2.35. The highest BCUT2D eigenvalue weighted by Crippen LogP contribution is 2.37. The minimum absolute atomic E-state index is 0.226. The number of ether oxygens (including phenoxy) is 5. The quantitative estimate of drug-likeness (QED) is 0.162. The first-order chi connectivity index (χ1) is 15.3. The smallest absolute Gasteiger partial charge is 0.192 e. The van der Waals surface area contributed by atoms with Crippen molar-refractivity contribution >= 4 is 8.32 Å². The Morgan fingerprint density at radius 1 is 0.688 bits per heavy atom. The summed E-state index contributed by atoms with van der Waals surface area (Å²) in [4.78, 5) is 0. The predicted molar refractivity (Wildman–Crippen MR) is 132 cm³/mol. The molecule has 7 heteroatoms. The van der Waals surface area contributed by atoms with E-state index in [4.69, 9.17) is 28.1 Å². The molecule has 0 N–H and O–H groups in total. The van der Waals surface area contributed by atoms with Gasteiger partial charge in [0.1, 0.15) is 0 Å². The van der Waals surface area contributed by atoms with Gasteiger partial charge in [-0.3, -0.25) is 0 Å². The highest BCUT2D eigenvalue weighted by atomic mass is 28.4. The second-order valence-electron chi connectivity index (χ2n) is 9.12. The average molecular weight is 469 g/mol. The van der Waals surface area contributed by atoms with Gasteiger partial charge in [-0.2, -0.15) is 0 Å². The molecule has 0 saturated carbocycles. The van der Waals surface area contributed by atoms with E-state index in [2.05, 4.69) is 64.7 Å². The van der Waals surface area contributed by atoms with Gasteiger partial charge in [0.05, 0.1) is 72.7 Å². The van der Waals surface area contributed by atoms with Gasteiger partial charge in [-0.15, -0.1) is 6.58 Å². The van der Waals surface area contributed by atoms with Crippen molar-refractivity contribution in [2.24, 2.45) is 0 Å². The molecule has 1 rings (SSSR count). The van der Waals surface area contributed by atoms with Crippen LogP contribution in [-0.2, 0) is 41.3 Å². The van der Waals surface area contributed by atoms with Crippen molar-refractivity contribution in [3.8, 4) is 0 Å². The summed E-state index contributed by atoms with van der Waals surface area (Å²) < 4.78 is 33.5. The van der Waals surface area contributed by atoms with Crippen LogP contribution in [0.4, 0.5) is 0 Å². The van der Waals surface area contributed by atoms with Crippen molar-refractivity contribution in [3.05, 3.63) is 48.0 Å². The van der Waals surface area contributed by atoms with Crippen molar-refractivity contribution in [1.82, 2.24) is 0 Å². The largest absolute Gasteiger partial charge is 0.413 e. The molecule has 0 aromatic heterocycles. The number of hydrogen-bond donors (Lipinski definition) is 0. The van der Waals surface area contributed by atoms with Gasteiger partial charge in [-0.05, 0) is 29.3 Å². The zero-order valence-corrected chi connectivity index (χ0v) is 21.8. The summed E-state index contributed by atoms with van der Waals surface area (Å²) in [7, 11) is -1.72. The van der Waals surface area contributed by atoms with E-state index in [1.807, 2.05) is 0 Å². The summed E-state index contributed by atoms with van der Waals surface area (Å²) in [5.74, 6) is 0. The van der Waals surface area contributed by atoms with Crippen LogP contribution in [0.3, 0.4) is 0 Å². The van der Waals surface area contributed by atoms with Crippen LogP contribution >= 0.6 is 0 Å². The van der Waals surface area contributed by atoms with Crippen LogP contribution in [0.25, 0.3) is 0 Å². The minimum atomic E-state index is -1.72. The minimum Gasteiger partial charge on any atom is -0.413 e. The topological polar surface area (TPSA) is 55.4 Å². The zero-order valence-electron chi connectivity index (χ0n) is 20.8. The van der Waals surface area contributed by atoms with Crippen LogP contribution < -0.4 is 0 Å². The molecule has 0 spiro atoms. The third-order valence-corrected chi connectivity index (χ3v) is 9.90. The number of benzene rings is 1. The summed E-state index contributed by atoms with van der Waals surface area (Å²) in [6.07, 6.45) is 1.72. The van der Waals surface area contributed by atoms with Crippen LogP contribution in [0, 0.1) is 0 Å². The lowest BCUT2D eigenvalue weighted by molar-refractivity contribution is -0.0109. The Morgan fingerprint density at radius 2 is 1.09 bits per heavy atom. The SMILES string of the molecule is C=CCOCCOCCOCCOCCOCc1ccc(CO[Si](C)(C)C(C)(C)C)cc1.